The second-order valence-corrected chi connectivity index (χ2v) is 4.40. The third kappa shape index (κ3) is 1.95. The van der Waals surface area contributed by atoms with Crippen molar-refractivity contribution < 1.29 is 5.11 Å². The van der Waals surface area contributed by atoms with Gasteiger partial charge in [-0.15, -0.1) is 0 Å². The first-order chi connectivity index (χ1) is 7.61. The number of H-pyrrole nitrogens is 1. The number of rotatable bonds is 2. The molecule has 0 aliphatic carbocycles. The van der Waals surface area contributed by atoms with Crippen LogP contribution in [0.1, 0.15) is 19.2 Å². The molecule has 5 nitrogen and oxygen atoms in total. The van der Waals surface area contributed by atoms with E-state index in [9.17, 15) is 9.90 Å². The molecule has 2 unspecified atom stereocenters. The molecule has 1 saturated heterocycles. The molecule has 2 N–H and O–H groups in total. The van der Waals surface area contributed by atoms with Crippen LogP contribution in [0.4, 0.5) is 5.82 Å². The number of aryl methyl sites for hydroxylation is 1. The highest BCUT2D eigenvalue weighted by Gasteiger charge is 2.31. The average Bonchev–Trinajstić information content (AvgIpc) is 2.58. The van der Waals surface area contributed by atoms with E-state index in [0.29, 0.717) is 17.6 Å². The lowest BCUT2D eigenvalue weighted by Crippen LogP contribution is -2.36. The van der Waals surface area contributed by atoms with E-state index in [0.717, 1.165) is 13.0 Å². The Morgan fingerprint density at radius 3 is 3.06 bits per heavy atom. The Balaban J connectivity index is 2.33. The molecule has 1 aliphatic rings. The Bertz CT molecular complexity index is 429. The van der Waals surface area contributed by atoms with Crippen molar-refractivity contribution in [1.29, 1.82) is 0 Å². The van der Waals surface area contributed by atoms with Crippen molar-refractivity contribution >= 4 is 5.82 Å². The Hall–Kier alpha value is -1.36. The molecule has 1 fully saturated rings. The van der Waals surface area contributed by atoms with Crippen molar-refractivity contribution in [3.05, 3.63) is 22.2 Å². The molecule has 5 heteroatoms. The van der Waals surface area contributed by atoms with Gasteiger partial charge in [0.1, 0.15) is 11.6 Å². The van der Waals surface area contributed by atoms with E-state index in [1.807, 2.05) is 4.90 Å². The number of nitrogens with one attached hydrogen (secondary N) is 1. The van der Waals surface area contributed by atoms with E-state index in [2.05, 4.69) is 16.9 Å². The molecular weight excluding hydrogens is 206 g/mol. The van der Waals surface area contributed by atoms with Gasteiger partial charge in [-0.2, -0.15) is 0 Å². The predicted molar refractivity (Wildman–Crippen MR) is 61.6 cm³/mol. The predicted octanol–water partition coefficient (Wildman–Crippen LogP) is 0.285. The van der Waals surface area contributed by atoms with Crippen molar-refractivity contribution in [2.75, 3.05) is 18.1 Å². The maximum atomic E-state index is 11.4. The SMILES string of the molecule is Cc1nc(N2CCC(C)C2CO)cc(=O)[nH]1. The van der Waals surface area contributed by atoms with Crippen LogP contribution in [0.25, 0.3) is 0 Å². The van der Waals surface area contributed by atoms with Crippen molar-refractivity contribution in [3.8, 4) is 0 Å². The zero-order chi connectivity index (χ0) is 11.7. The molecule has 0 radical (unpaired) electrons. The normalized spacial score (nSPS) is 25.1. The van der Waals surface area contributed by atoms with Crippen LogP contribution in [0.15, 0.2) is 10.9 Å². The van der Waals surface area contributed by atoms with Crippen molar-refractivity contribution in [2.24, 2.45) is 5.92 Å². The Morgan fingerprint density at radius 1 is 1.69 bits per heavy atom. The third-order valence-corrected chi connectivity index (χ3v) is 3.21. The van der Waals surface area contributed by atoms with Gasteiger partial charge in [0.05, 0.1) is 12.6 Å². The number of aromatic nitrogens is 2. The Morgan fingerprint density at radius 2 is 2.44 bits per heavy atom. The van der Waals surface area contributed by atoms with Crippen LogP contribution in [-0.4, -0.2) is 34.3 Å². The minimum Gasteiger partial charge on any atom is -0.394 e. The van der Waals surface area contributed by atoms with Gasteiger partial charge in [-0.05, 0) is 19.3 Å². The lowest BCUT2D eigenvalue weighted by atomic mass is 10.0. The zero-order valence-electron chi connectivity index (χ0n) is 9.60. The molecule has 0 amide bonds. The monoisotopic (exact) mass is 223 g/mol. The molecule has 16 heavy (non-hydrogen) atoms. The largest absolute Gasteiger partial charge is 0.394 e. The van der Waals surface area contributed by atoms with Crippen LogP contribution in [0, 0.1) is 12.8 Å². The van der Waals surface area contributed by atoms with E-state index < -0.39 is 0 Å². The van der Waals surface area contributed by atoms with Crippen LogP contribution in [0.5, 0.6) is 0 Å². The van der Waals surface area contributed by atoms with Gasteiger partial charge in [0.15, 0.2) is 0 Å². The molecule has 0 spiro atoms. The number of hydrogen-bond acceptors (Lipinski definition) is 4. The van der Waals surface area contributed by atoms with Crippen LogP contribution in [-0.2, 0) is 0 Å². The lowest BCUT2D eigenvalue weighted by Gasteiger charge is -2.26. The van der Waals surface area contributed by atoms with Crippen LogP contribution in [0.3, 0.4) is 0 Å². The summed E-state index contributed by atoms with van der Waals surface area (Å²) in [5.41, 5.74) is -0.140. The third-order valence-electron chi connectivity index (χ3n) is 3.21. The quantitative estimate of drug-likeness (QED) is 0.756. The highest BCUT2D eigenvalue weighted by atomic mass is 16.3. The summed E-state index contributed by atoms with van der Waals surface area (Å²) in [6, 6.07) is 1.57. The molecule has 88 valence electrons. The number of anilines is 1. The summed E-state index contributed by atoms with van der Waals surface area (Å²) in [4.78, 5) is 20.3. The number of aliphatic hydroxyl groups is 1. The highest BCUT2D eigenvalue weighted by molar-refractivity contribution is 5.40. The average molecular weight is 223 g/mol. The van der Waals surface area contributed by atoms with Crippen molar-refractivity contribution in [2.45, 2.75) is 26.3 Å². The van der Waals surface area contributed by atoms with Gasteiger partial charge < -0.3 is 15.0 Å². The molecule has 1 aromatic rings. The lowest BCUT2D eigenvalue weighted by molar-refractivity contribution is 0.244. The number of nitrogens with zero attached hydrogens (tertiary/aromatic N) is 2. The fourth-order valence-electron chi connectivity index (χ4n) is 2.28. The molecule has 0 aromatic carbocycles. The van der Waals surface area contributed by atoms with E-state index >= 15 is 0 Å². The summed E-state index contributed by atoms with van der Waals surface area (Å²) < 4.78 is 0. The molecule has 1 aliphatic heterocycles. The van der Waals surface area contributed by atoms with E-state index in [4.69, 9.17) is 0 Å². The first-order valence-corrected chi connectivity index (χ1v) is 5.57. The van der Waals surface area contributed by atoms with Gasteiger partial charge in [0.25, 0.3) is 5.56 Å². The summed E-state index contributed by atoms with van der Waals surface area (Å²) in [5.74, 6) is 1.72. The fourth-order valence-corrected chi connectivity index (χ4v) is 2.28. The fraction of sp³-hybridized carbons (Fsp3) is 0.636. The smallest absolute Gasteiger partial charge is 0.252 e. The van der Waals surface area contributed by atoms with Gasteiger partial charge in [0, 0.05) is 12.6 Å². The molecule has 2 rings (SSSR count). The van der Waals surface area contributed by atoms with E-state index in [1.54, 1.807) is 6.92 Å². The van der Waals surface area contributed by atoms with Crippen LogP contribution >= 0.6 is 0 Å². The summed E-state index contributed by atoms with van der Waals surface area (Å²) >= 11 is 0. The zero-order valence-corrected chi connectivity index (χ0v) is 9.60. The molecule has 0 saturated carbocycles. The maximum absolute atomic E-state index is 11.4. The summed E-state index contributed by atoms with van der Waals surface area (Å²) in [6.07, 6.45) is 1.03. The molecular formula is C11H17N3O2. The highest BCUT2D eigenvalue weighted by Crippen LogP contribution is 2.27. The van der Waals surface area contributed by atoms with E-state index in [-0.39, 0.29) is 18.2 Å². The number of aliphatic hydroxyl groups excluding tert-OH is 1. The van der Waals surface area contributed by atoms with Gasteiger partial charge in [0.2, 0.25) is 0 Å². The minimum atomic E-state index is -0.140. The second-order valence-electron chi connectivity index (χ2n) is 4.40. The van der Waals surface area contributed by atoms with Crippen molar-refractivity contribution in [1.82, 2.24) is 9.97 Å². The van der Waals surface area contributed by atoms with Crippen LogP contribution < -0.4 is 10.5 Å². The Kier molecular flexibility index (Phi) is 2.96. The van der Waals surface area contributed by atoms with Gasteiger partial charge in [-0.25, -0.2) is 4.98 Å². The number of aromatic amines is 1. The van der Waals surface area contributed by atoms with E-state index in [1.165, 1.54) is 6.07 Å². The summed E-state index contributed by atoms with van der Waals surface area (Å²) in [7, 11) is 0. The topological polar surface area (TPSA) is 69.2 Å². The minimum absolute atomic E-state index is 0.0775. The number of hydrogen-bond donors (Lipinski definition) is 2. The second kappa shape index (κ2) is 4.25. The molecule has 1 aromatic heterocycles. The summed E-state index contributed by atoms with van der Waals surface area (Å²) in [6.45, 7) is 4.83. The van der Waals surface area contributed by atoms with Gasteiger partial charge in [-0.3, -0.25) is 4.79 Å². The summed E-state index contributed by atoms with van der Waals surface area (Å²) in [5, 5.41) is 9.35. The molecule has 2 atom stereocenters. The molecule has 2 heterocycles. The van der Waals surface area contributed by atoms with Crippen molar-refractivity contribution in [3.63, 3.8) is 0 Å². The van der Waals surface area contributed by atoms with Gasteiger partial charge in [-0.1, -0.05) is 6.92 Å². The first kappa shape index (κ1) is 11.1. The standard InChI is InChI=1S/C11H17N3O2/c1-7-3-4-14(9(7)6-15)10-5-11(16)13-8(2)12-10/h5,7,9,15H,3-4,6H2,1-2H3,(H,12,13,16). The van der Waals surface area contributed by atoms with Crippen LogP contribution in [0.2, 0.25) is 0 Å². The molecule has 0 bridgehead atoms. The van der Waals surface area contributed by atoms with Gasteiger partial charge >= 0.3 is 0 Å². The maximum Gasteiger partial charge on any atom is 0.252 e. The first-order valence-electron chi connectivity index (χ1n) is 5.57. The Labute approximate surface area is 94.1 Å².